The number of aromatic nitrogens is 1. The van der Waals surface area contributed by atoms with Crippen LogP contribution in [0.2, 0.25) is 0 Å². The summed E-state index contributed by atoms with van der Waals surface area (Å²) in [4.78, 5) is 19.2. The van der Waals surface area contributed by atoms with Gasteiger partial charge in [0.2, 0.25) is 0 Å². The van der Waals surface area contributed by atoms with Gasteiger partial charge in [0, 0.05) is 5.38 Å². The number of amides is 1. The molecule has 1 fully saturated rings. The number of carbonyl (C=O) groups excluding carboxylic acids is 1. The molecular formula is C21H16N2O2S3. The van der Waals surface area contributed by atoms with Gasteiger partial charge in [-0.3, -0.25) is 9.69 Å². The summed E-state index contributed by atoms with van der Waals surface area (Å²) in [5.41, 5.74) is 5.55. The number of hydrogen-bond donors (Lipinski definition) is 0. The maximum Gasteiger partial charge on any atom is 0.270 e. The van der Waals surface area contributed by atoms with E-state index >= 15 is 0 Å². The van der Waals surface area contributed by atoms with Crippen LogP contribution in [0.5, 0.6) is 5.75 Å². The van der Waals surface area contributed by atoms with E-state index in [1.165, 1.54) is 11.8 Å². The molecule has 140 valence electrons. The van der Waals surface area contributed by atoms with Crippen LogP contribution in [0, 0.1) is 6.92 Å². The van der Waals surface area contributed by atoms with Gasteiger partial charge in [-0.25, -0.2) is 4.98 Å². The lowest BCUT2D eigenvalue weighted by Crippen LogP contribution is -2.27. The fourth-order valence-electron chi connectivity index (χ4n) is 2.66. The number of thiazole rings is 1. The van der Waals surface area contributed by atoms with Gasteiger partial charge in [0.1, 0.15) is 12.4 Å². The van der Waals surface area contributed by atoms with Crippen LogP contribution in [-0.4, -0.2) is 15.2 Å². The Morgan fingerprint density at radius 2 is 1.89 bits per heavy atom. The van der Waals surface area contributed by atoms with E-state index in [1.54, 1.807) is 21.7 Å². The second kappa shape index (κ2) is 8.26. The van der Waals surface area contributed by atoms with Crippen LogP contribution < -0.4 is 9.64 Å². The Hall–Kier alpha value is -2.48. The highest BCUT2D eigenvalue weighted by atomic mass is 32.2. The van der Waals surface area contributed by atoms with Gasteiger partial charge >= 0.3 is 0 Å². The van der Waals surface area contributed by atoms with Crippen LogP contribution in [0.15, 0.2) is 64.3 Å². The smallest absolute Gasteiger partial charge is 0.270 e. The summed E-state index contributed by atoms with van der Waals surface area (Å²) in [5.74, 6) is 0.667. The number of anilines is 1. The summed E-state index contributed by atoms with van der Waals surface area (Å²) in [7, 11) is 0. The van der Waals surface area contributed by atoms with Crippen LogP contribution in [0.3, 0.4) is 0 Å². The predicted molar refractivity (Wildman–Crippen MR) is 120 cm³/mol. The van der Waals surface area contributed by atoms with Crippen molar-refractivity contribution < 1.29 is 9.53 Å². The van der Waals surface area contributed by atoms with E-state index in [1.807, 2.05) is 66.9 Å². The maximum atomic E-state index is 12.8. The lowest BCUT2D eigenvalue weighted by molar-refractivity contribution is -0.113. The fourth-order valence-corrected chi connectivity index (χ4v) is 4.50. The van der Waals surface area contributed by atoms with Crippen molar-refractivity contribution in [2.75, 3.05) is 4.90 Å². The van der Waals surface area contributed by atoms with Gasteiger partial charge in [0.05, 0.1) is 21.8 Å². The molecule has 1 saturated heterocycles. The van der Waals surface area contributed by atoms with E-state index in [9.17, 15) is 4.79 Å². The van der Waals surface area contributed by atoms with E-state index < -0.39 is 0 Å². The summed E-state index contributed by atoms with van der Waals surface area (Å²) in [6.45, 7) is 2.45. The highest BCUT2D eigenvalue weighted by Gasteiger charge is 2.33. The Bertz CT molecular complexity index is 1030. The minimum absolute atomic E-state index is 0.0947. The minimum atomic E-state index is -0.0947. The second-order valence-electron chi connectivity index (χ2n) is 6.19. The van der Waals surface area contributed by atoms with Gasteiger partial charge < -0.3 is 4.74 Å². The molecule has 1 amide bonds. The van der Waals surface area contributed by atoms with Crippen LogP contribution in [0.4, 0.5) is 5.69 Å². The van der Waals surface area contributed by atoms with Crippen LogP contribution in [-0.2, 0) is 11.4 Å². The lowest BCUT2D eigenvalue weighted by Gasteiger charge is -2.14. The molecule has 0 bridgehead atoms. The SMILES string of the molecule is Cc1ccc(N2C(=O)/C(=C\c3ccc(OCc4cscn4)cc3)SC2=S)cc1. The summed E-state index contributed by atoms with van der Waals surface area (Å²) in [5, 5.41) is 1.96. The Balaban J connectivity index is 1.47. The zero-order valence-electron chi connectivity index (χ0n) is 15.0. The molecule has 1 aliphatic heterocycles. The van der Waals surface area contributed by atoms with Gasteiger partial charge in [0.15, 0.2) is 4.32 Å². The van der Waals surface area contributed by atoms with Gasteiger partial charge in [-0.2, -0.15) is 0 Å². The third-order valence-corrected chi connectivity index (χ3v) is 6.07. The highest BCUT2D eigenvalue weighted by molar-refractivity contribution is 8.27. The molecule has 4 rings (SSSR count). The zero-order valence-corrected chi connectivity index (χ0v) is 17.4. The molecule has 4 nitrogen and oxygen atoms in total. The molecule has 2 aromatic carbocycles. The minimum Gasteiger partial charge on any atom is -0.487 e. The average Bonchev–Trinajstić information content (AvgIpc) is 3.31. The number of rotatable bonds is 5. The molecule has 1 aromatic heterocycles. The first-order valence-corrected chi connectivity index (χ1v) is 10.7. The Morgan fingerprint density at radius 3 is 2.57 bits per heavy atom. The van der Waals surface area contributed by atoms with Gasteiger partial charge in [-0.15, -0.1) is 11.3 Å². The van der Waals surface area contributed by atoms with E-state index in [0.717, 1.165) is 28.3 Å². The standard InChI is InChI=1S/C21H16N2O2S3/c1-14-2-6-17(7-3-14)23-20(24)19(28-21(23)26)10-15-4-8-18(9-5-15)25-11-16-12-27-13-22-16/h2-10,12-13H,11H2,1H3/b19-10+. The fraction of sp³-hybridized carbons (Fsp3) is 0.0952. The van der Waals surface area contributed by atoms with Crippen LogP contribution in [0.1, 0.15) is 16.8 Å². The molecule has 2 heterocycles. The topological polar surface area (TPSA) is 42.4 Å². The monoisotopic (exact) mass is 424 g/mol. The summed E-state index contributed by atoms with van der Waals surface area (Å²) < 4.78 is 6.27. The molecule has 7 heteroatoms. The highest BCUT2D eigenvalue weighted by Crippen LogP contribution is 2.36. The number of nitrogens with zero attached hydrogens (tertiary/aromatic N) is 2. The first-order chi connectivity index (χ1) is 13.6. The van der Waals surface area contributed by atoms with Crippen molar-refractivity contribution in [3.05, 3.63) is 81.1 Å². The summed E-state index contributed by atoms with van der Waals surface area (Å²) >= 11 is 8.29. The summed E-state index contributed by atoms with van der Waals surface area (Å²) in [6.07, 6.45) is 1.86. The normalized spacial score (nSPS) is 15.5. The Morgan fingerprint density at radius 1 is 1.14 bits per heavy atom. The quantitative estimate of drug-likeness (QED) is 0.403. The number of aryl methyl sites for hydroxylation is 1. The Kier molecular flexibility index (Phi) is 5.57. The van der Waals surface area contributed by atoms with Crippen molar-refractivity contribution >= 4 is 57.3 Å². The van der Waals surface area contributed by atoms with Crippen molar-refractivity contribution in [1.82, 2.24) is 4.98 Å². The number of thiocarbonyl (C=S) groups is 1. The zero-order chi connectivity index (χ0) is 19.5. The third-order valence-electron chi connectivity index (χ3n) is 4.13. The molecule has 0 unspecified atom stereocenters. The van der Waals surface area contributed by atoms with E-state index in [0.29, 0.717) is 15.8 Å². The van der Waals surface area contributed by atoms with Gasteiger partial charge in [-0.1, -0.05) is 53.8 Å². The van der Waals surface area contributed by atoms with Crippen molar-refractivity contribution in [2.45, 2.75) is 13.5 Å². The molecular weight excluding hydrogens is 408 g/mol. The molecule has 0 aliphatic carbocycles. The molecule has 0 atom stereocenters. The van der Waals surface area contributed by atoms with Crippen LogP contribution >= 0.6 is 35.3 Å². The van der Waals surface area contributed by atoms with E-state index in [-0.39, 0.29) is 5.91 Å². The number of thioether (sulfide) groups is 1. The molecule has 0 radical (unpaired) electrons. The largest absolute Gasteiger partial charge is 0.487 e. The molecule has 3 aromatic rings. The second-order valence-corrected chi connectivity index (χ2v) is 8.58. The predicted octanol–water partition coefficient (Wildman–Crippen LogP) is 5.44. The first-order valence-electron chi connectivity index (χ1n) is 8.55. The molecule has 0 spiro atoms. The Labute approximate surface area is 176 Å². The first kappa shape index (κ1) is 18.9. The van der Waals surface area contributed by atoms with Crippen molar-refractivity contribution in [1.29, 1.82) is 0 Å². The maximum absolute atomic E-state index is 12.8. The number of benzene rings is 2. The molecule has 1 aliphatic rings. The lowest BCUT2D eigenvalue weighted by atomic mass is 10.2. The third kappa shape index (κ3) is 4.16. The van der Waals surface area contributed by atoms with Crippen molar-refractivity contribution in [3.63, 3.8) is 0 Å². The van der Waals surface area contributed by atoms with Crippen molar-refractivity contribution in [2.24, 2.45) is 0 Å². The van der Waals surface area contributed by atoms with Gasteiger partial charge in [0.25, 0.3) is 5.91 Å². The summed E-state index contributed by atoms with van der Waals surface area (Å²) in [6, 6.07) is 15.4. The molecule has 0 N–H and O–H groups in total. The van der Waals surface area contributed by atoms with Crippen molar-refractivity contribution in [3.8, 4) is 5.75 Å². The van der Waals surface area contributed by atoms with E-state index in [4.69, 9.17) is 17.0 Å². The van der Waals surface area contributed by atoms with E-state index in [2.05, 4.69) is 4.98 Å². The average molecular weight is 425 g/mol. The number of hydrogen-bond acceptors (Lipinski definition) is 6. The number of ether oxygens (including phenoxy) is 1. The number of carbonyl (C=O) groups is 1. The molecule has 0 saturated carbocycles. The molecule has 28 heavy (non-hydrogen) atoms. The van der Waals surface area contributed by atoms with Crippen LogP contribution in [0.25, 0.3) is 6.08 Å². The van der Waals surface area contributed by atoms with Gasteiger partial charge in [-0.05, 0) is 42.8 Å².